The van der Waals surface area contributed by atoms with Gasteiger partial charge in [-0.15, -0.1) is 0 Å². The Balaban J connectivity index is 2.90. The highest BCUT2D eigenvalue weighted by Gasteiger charge is 2.11. The van der Waals surface area contributed by atoms with E-state index >= 15 is 0 Å². The first-order valence-electron chi connectivity index (χ1n) is 5.77. The Labute approximate surface area is 106 Å². The summed E-state index contributed by atoms with van der Waals surface area (Å²) in [6.45, 7) is 4.51. The molecule has 0 spiro atoms. The van der Waals surface area contributed by atoms with Crippen LogP contribution in [-0.2, 0) is 11.3 Å². The number of carbonyl (C=O) groups is 2. The molecule has 1 amide bonds. The normalized spacial score (nSPS) is 10.6. The van der Waals surface area contributed by atoms with E-state index < -0.39 is 5.91 Å². The molecule has 0 fully saturated rings. The maximum absolute atomic E-state index is 11.3. The number of carbonyl (C=O) groups excluding carboxylic acids is 2. The van der Waals surface area contributed by atoms with Crippen molar-refractivity contribution in [2.24, 2.45) is 5.73 Å². The summed E-state index contributed by atoms with van der Waals surface area (Å²) in [4.78, 5) is 23.9. The maximum Gasteiger partial charge on any atom is 0.231 e. The minimum atomic E-state index is -0.418. The van der Waals surface area contributed by atoms with Crippen molar-refractivity contribution >= 4 is 11.7 Å². The number of hydrogen-bond acceptors (Lipinski definition) is 4. The molecule has 1 rings (SSSR count). The van der Waals surface area contributed by atoms with Gasteiger partial charge in [0.15, 0.2) is 5.78 Å². The second kappa shape index (κ2) is 6.16. The number of benzene rings is 1. The molecule has 3 N–H and O–H groups in total. The molecule has 0 radical (unpaired) electrons. The molecule has 0 bridgehead atoms. The Morgan fingerprint density at radius 1 is 1.39 bits per heavy atom. The molecule has 0 atom stereocenters. The lowest BCUT2D eigenvalue weighted by atomic mass is 10.1. The van der Waals surface area contributed by atoms with E-state index in [4.69, 9.17) is 5.73 Å². The smallest absolute Gasteiger partial charge is 0.231 e. The molecule has 0 aliphatic rings. The van der Waals surface area contributed by atoms with E-state index in [1.165, 1.54) is 13.0 Å². The molecule has 0 saturated carbocycles. The summed E-state index contributed by atoms with van der Waals surface area (Å²) in [6, 6.07) is 4.71. The van der Waals surface area contributed by atoms with Crippen molar-refractivity contribution in [1.82, 2.24) is 4.90 Å². The summed E-state index contributed by atoms with van der Waals surface area (Å²) in [6.07, 6.45) is 0. The average molecular weight is 250 g/mol. The molecule has 5 nitrogen and oxygen atoms in total. The number of likely N-dealkylation sites (N-methyl/N-ethyl adjacent to an activating group) is 1. The summed E-state index contributed by atoms with van der Waals surface area (Å²) in [5, 5.41) is 9.74. The summed E-state index contributed by atoms with van der Waals surface area (Å²) in [7, 11) is 0. The number of rotatable bonds is 6. The molecule has 0 heterocycles. The predicted molar refractivity (Wildman–Crippen MR) is 68.3 cm³/mol. The zero-order valence-corrected chi connectivity index (χ0v) is 10.6. The molecule has 1 aromatic carbocycles. The molecule has 18 heavy (non-hydrogen) atoms. The quantitative estimate of drug-likeness (QED) is 0.735. The number of aromatic hydroxyl groups is 1. The predicted octanol–water partition coefficient (Wildman–Crippen LogP) is 0.902. The van der Waals surface area contributed by atoms with Gasteiger partial charge < -0.3 is 10.8 Å². The molecule has 5 heteroatoms. The van der Waals surface area contributed by atoms with E-state index in [0.29, 0.717) is 24.2 Å². The highest BCUT2D eigenvalue weighted by atomic mass is 16.3. The van der Waals surface area contributed by atoms with Crippen LogP contribution in [0.25, 0.3) is 0 Å². The number of nitrogens with two attached hydrogens (primary N) is 1. The van der Waals surface area contributed by atoms with Crippen LogP contribution in [0.15, 0.2) is 18.2 Å². The second-order valence-corrected chi connectivity index (χ2v) is 4.17. The van der Waals surface area contributed by atoms with Crippen molar-refractivity contribution in [3.05, 3.63) is 29.3 Å². The minimum absolute atomic E-state index is 0.0609. The largest absolute Gasteiger partial charge is 0.508 e. The van der Waals surface area contributed by atoms with Gasteiger partial charge in [-0.05, 0) is 31.7 Å². The van der Waals surface area contributed by atoms with Crippen LogP contribution < -0.4 is 5.73 Å². The molecule has 98 valence electrons. The number of phenols is 1. The molecule has 0 aliphatic carbocycles. The summed E-state index contributed by atoms with van der Waals surface area (Å²) in [5.74, 6) is -0.365. The van der Waals surface area contributed by atoms with Crippen molar-refractivity contribution in [1.29, 1.82) is 0 Å². The average Bonchev–Trinajstić information content (AvgIpc) is 2.29. The zero-order chi connectivity index (χ0) is 13.7. The van der Waals surface area contributed by atoms with Gasteiger partial charge in [0.25, 0.3) is 0 Å². The number of phenolic OH excluding ortho intramolecular Hbond substituents is 1. The number of ketones is 1. The first-order chi connectivity index (χ1) is 8.43. The lowest BCUT2D eigenvalue weighted by Gasteiger charge is -2.19. The fourth-order valence-corrected chi connectivity index (χ4v) is 1.67. The molecule has 0 unspecified atom stereocenters. The van der Waals surface area contributed by atoms with Crippen molar-refractivity contribution < 1.29 is 14.7 Å². The van der Waals surface area contributed by atoms with Gasteiger partial charge >= 0.3 is 0 Å². The van der Waals surface area contributed by atoms with Gasteiger partial charge in [-0.1, -0.05) is 6.92 Å². The van der Waals surface area contributed by atoms with E-state index in [2.05, 4.69) is 0 Å². The van der Waals surface area contributed by atoms with Gasteiger partial charge in [-0.2, -0.15) is 0 Å². The summed E-state index contributed by atoms with van der Waals surface area (Å²) >= 11 is 0. The van der Waals surface area contributed by atoms with Crippen LogP contribution in [0.2, 0.25) is 0 Å². The van der Waals surface area contributed by atoms with Gasteiger partial charge in [0, 0.05) is 17.7 Å². The van der Waals surface area contributed by atoms with Gasteiger partial charge in [0.1, 0.15) is 5.75 Å². The maximum atomic E-state index is 11.3. The fraction of sp³-hybridized carbons (Fsp3) is 0.385. The number of Topliss-reactive ketones (excluding diaryl/α,β-unsaturated/α-hetero) is 1. The fourth-order valence-electron chi connectivity index (χ4n) is 1.67. The Morgan fingerprint density at radius 2 is 2.06 bits per heavy atom. The highest BCUT2D eigenvalue weighted by Crippen LogP contribution is 2.20. The second-order valence-electron chi connectivity index (χ2n) is 4.17. The van der Waals surface area contributed by atoms with Crippen molar-refractivity contribution in [3.63, 3.8) is 0 Å². The highest BCUT2D eigenvalue weighted by molar-refractivity contribution is 5.94. The van der Waals surface area contributed by atoms with Crippen LogP contribution in [0.4, 0.5) is 0 Å². The summed E-state index contributed by atoms with van der Waals surface area (Å²) in [5.41, 5.74) is 6.30. The molecular weight excluding hydrogens is 232 g/mol. The number of hydrogen-bond donors (Lipinski definition) is 2. The van der Waals surface area contributed by atoms with Crippen LogP contribution in [0.3, 0.4) is 0 Å². The zero-order valence-electron chi connectivity index (χ0n) is 10.6. The van der Waals surface area contributed by atoms with Crippen LogP contribution in [-0.4, -0.2) is 34.8 Å². The van der Waals surface area contributed by atoms with E-state index in [1.54, 1.807) is 17.0 Å². The van der Waals surface area contributed by atoms with E-state index in [-0.39, 0.29) is 18.1 Å². The van der Waals surface area contributed by atoms with Gasteiger partial charge in [0.05, 0.1) is 6.54 Å². The Kier molecular flexibility index (Phi) is 4.85. The van der Waals surface area contributed by atoms with E-state index in [0.717, 1.165) is 0 Å². The number of amides is 1. The molecular formula is C13H18N2O3. The van der Waals surface area contributed by atoms with Crippen molar-refractivity contribution in [2.75, 3.05) is 13.1 Å². The van der Waals surface area contributed by atoms with Crippen LogP contribution in [0, 0.1) is 0 Å². The van der Waals surface area contributed by atoms with Crippen LogP contribution in [0.5, 0.6) is 5.75 Å². The van der Waals surface area contributed by atoms with Crippen molar-refractivity contribution in [2.45, 2.75) is 20.4 Å². The minimum Gasteiger partial charge on any atom is -0.508 e. The summed E-state index contributed by atoms with van der Waals surface area (Å²) < 4.78 is 0. The number of nitrogens with zero attached hydrogens (tertiary/aromatic N) is 1. The van der Waals surface area contributed by atoms with Crippen LogP contribution >= 0.6 is 0 Å². The standard InChI is InChI=1S/C13H18N2O3/c1-3-15(8-13(14)18)7-11-6-10(9(2)16)4-5-12(11)17/h4-6,17H,3,7-8H2,1-2H3,(H2,14,18). The molecule has 0 saturated heterocycles. The third-order valence-electron chi connectivity index (χ3n) is 2.71. The Morgan fingerprint density at radius 3 is 2.56 bits per heavy atom. The first kappa shape index (κ1) is 14.2. The molecule has 1 aromatic rings. The van der Waals surface area contributed by atoms with Crippen LogP contribution in [0.1, 0.15) is 29.8 Å². The molecule has 0 aliphatic heterocycles. The topological polar surface area (TPSA) is 83.6 Å². The van der Waals surface area contributed by atoms with E-state index in [9.17, 15) is 14.7 Å². The lowest BCUT2D eigenvalue weighted by molar-refractivity contribution is -0.119. The van der Waals surface area contributed by atoms with Crippen molar-refractivity contribution in [3.8, 4) is 5.75 Å². The Bertz CT molecular complexity index is 458. The lowest BCUT2D eigenvalue weighted by Crippen LogP contribution is -2.33. The van der Waals surface area contributed by atoms with Gasteiger partial charge in [-0.25, -0.2) is 0 Å². The van der Waals surface area contributed by atoms with Gasteiger partial charge in [0.2, 0.25) is 5.91 Å². The van der Waals surface area contributed by atoms with E-state index in [1.807, 2.05) is 6.92 Å². The third kappa shape index (κ3) is 3.85. The first-order valence-corrected chi connectivity index (χ1v) is 5.77. The monoisotopic (exact) mass is 250 g/mol. The van der Waals surface area contributed by atoms with Gasteiger partial charge in [-0.3, -0.25) is 14.5 Å². The molecule has 0 aromatic heterocycles. The Hall–Kier alpha value is -1.88. The third-order valence-corrected chi connectivity index (χ3v) is 2.71. The SMILES string of the molecule is CCN(CC(N)=O)Cc1cc(C(C)=O)ccc1O. The number of primary amides is 1.